The molecule has 156 valence electrons. The molecule has 3 rings (SSSR count). The van der Waals surface area contributed by atoms with Gasteiger partial charge in [-0.1, -0.05) is 0 Å². The van der Waals surface area contributed by atoms with Gasteiger partial charge in [-0.25, -0.2) is 4.98 Å². The van der Waals surface area contributed by atoms with Crippen LogP contribution in [-0.2, 0) is 23.1 Å². The molecule has 1 aromatic heterocycles. The lowest BCUT2D eigenvalue weighted by molar-refractivity contribution is -0.133. The van der Waals surface area contributed by atoms with Crippen LogP contribution in [0, 0.1) is 0 Å². The van der Waals surface area contributed by atoms with Crippen LogP contribution < -0.4 is 10.1 Å². The Kier molecular flexibility index (Phi) is 7.24. The van der Waals surface area contributed by atoms with Crippen LogP contribution >= 0.6 is 0 Å². The number of likely N-dealkylation sites (tertiary alicyclic amines) is 1. The lowest BCUT2D eigenvalue weighted by Crippen LogP contribution is -2.42. The molecule has 1 fully saturated rings. The molecule has 0 radical (unpaired) electrons. The first kappa shape index (κ1) is 20.9. The highest BCUT2D eigenvalue weighted by atomic mass is 16.5. The van der Waals surface area contributed by atoms with Gasteiger partial charge >= 0.3 is 0 Å². The molecule has 0 aliphatic carbocycles. The lowest BCUT2D eigenvalue weighted by atomic mass is 10.1. The number of imidazole rings is 1. The predicted molar refractivity (Wildman–Crippen MR) is 108 cm³/mol. The Balaban J connectivity index is 1.44. The van der Waals surface area contributed by atoms with Crippen LogP contribution in [0.15, 0.2) is 36.7 Å². The first-order chi connectivity index (χ1) is 14.1. The number of hydrogen-bond acceptors (Lipinski definition) is 5. The first-order valence-electron chi connectivity index (χ1n) is 9.84. The van der Waals surface area contributed by atoms with Gasteiger partial charge in [0.25, 0.3) is 5.91 Å². The Bertz CT molecular complexity index is 810. The third-order valence-electron chi connectivity index (χ3n) is 5.06. The van der Waals surface area contributed by atoms with Crippen molar-refractivity contribution in [3.8, 4) is 5.75 Å². The van der Waals surface area contributed by atoms with E-state index in [0.717, 1.165) is 24.4 Å². The lowest BCUT2D eigenvalue weighted by Gasteiger charge is -2.32. The maximum atomic E-state index is 12.3. The largest absolute Gasteiger partial charge is 0.490 e. The highest BCUT2D eigenvalue weighted by Crippen LogP contribution is 2.20. The number of nitrogens with one attached hydrogen (secondary N) is 1. The van der Waals surface area contributed by atoms with Crippen molar-refractivity contribution in [2.75, 3.05) is 26.8 Å². The summed E-state index contributed by atoms with van der Waals surface area (Å²) in [6, 6.07) is 7.14. The highest BCUT2D eigenvalue weighted by Gasteiger charge is 2.23. The zero-order chi connectivity index (χ0) is 20.6. The molecule has 29 heavy (non-hydrogen) atoms. The third kappa shape index (κ3) is 5.80. The van der Waals surface area contributed by atoms with E-state index in [1.165, 1.54) is 0 Å². The van der Waals surface area contributed by atoms with Crippen molar-refractivity contribution in [3.05, 3.63) is 48.0 Å². The minimum atomic E-state index is -0.151. The minimum absolute atomic E-state index is 0.0737. The Morgan fingerprint density at radius 3 is 2.55 bits per heavy atom. The van der Waals surface area contributed by atoms with E-state index in [9.17, 15) is 9.59 Å². The summed E-state index contributed by atoms with van der Waals surface area (Å²) in [5.74, 6) is 1.51. The summed E-state index contributed by atoms with van der Waals surface area (Å²) >= 11 is 0. The Morgan fingerprint density at radius 1 is 1.21 bits per heavy atom. The van der Waals surface area contributed by atoms with Gasteiger partial charge in [-0.2, -0.15) is 0 Å². The molecule has 2 heterocycles. The van der Waals surface area contributed by atoms with Gasteiger partial charge in [0.1, 0.15) is 17.7 Å². The molecule has 2 aromatic rings. The molecule has 1 aliphatic heterocycles. The van der Waals surface area contributed by atoms with Gasteiger partial charge in [0.2, 0.25) is 5.91 Å². The van der Waals surface area contributed by atoms with Gasteiger partial charge in [-0.3, -0.25) is 9.59 Å². The summed E-state index contributed by atoms with van der Waals surface area (Å²) in [6.07, 6.45) is 5.63. The molecule has 8 nitrogen and oxygen atoms in total. The number of methoxy groups -OCH3 is 1. The molecular formula is C21H28N4O4. The van der Waals surface area contributed by atoms with E-state index in [1.54, 1.807) is 25.4 Å². The van der Waals surface area contributed by atoms with E-state index in [4.69, 9.17) is 9.47 Å². The van der Waals surface area contributed by atoms with Gasteiger partial charge in [0.15, 0.2) is 0 Å². The molecule has 0 bridgehead atoms. The molecule has 0 atom stereocenters. The summed E-state index contributed by atoms with van der Waals surface area (Å²) < 4.78 is 12.9. The summed E-state index contributed by atoms with van der Waals surface area (Å²) in [4.78, 5) is 30.4. The molecule has 1 N–H and O–H groups in total. The average molecular weight is 400 g/mol. The number of nitrogens with zero attached hydrogens (tertiary/aromatic N) is 3. The summed E-state index contributed by atoms with van der Waals surface area (Å²) in [5, 5.41) is 2.86. The summed E-state index contributed by atoms with van der Waals surface area (Å²) in [6.45, 7) is 2.22. The number of ether oxygens (including phenoxy) is 2. The Labute approximate surface area is 170 Å². The quantitative estimate of drug-likeness (QED) is 0.730. The van der Waals surface area contributed by atoms with E-state index in [1.807, 2.05) is 34.8 Å². The maximum absolute atomic E-state index is 12.3. The molecule has 1 saturated heterocycles. The number of piperidine rings is 1. The maximum Gasteiger partial charge on any atom is 0.251 e. The molecular weight excluding hydrogens is 372 g/mol. The van der Waals surface area contributed by atoms with Gasteiger partial charge < -0.3 is 24.3 Å². The first-order valence-corrected chi connectivity index (χ1v) is 9.84. The van der Waals surface area contributed by atoms with Gasteiger partial charge in [-0.15, -0.1) is 0 Å². The van der Waals surface area contributed by atoms with Crippen LogP contribution in [0.3, 0.4) is 0 Å². The molecule has 2 amide bonds. The fourth-order valence-electron chi connectivity index (χ4n) is 3.28. The van der Waals surface area contributed by atoms with Crippen molar-refractivity contribution in [2.45, 2.75) is 31.9 Å². The van der Waals surface area contributed by atoms with Crippen LogP contribution in [0.25, 0.3) is 0 Å². The number of rotatable bonds is 8. The number of benzene rings is 1. The predicted octanol–water partition coefficient (Wildman–Crippen LogP) is 1.76. The molecule has 0 unspecified atom stereocenters. The average Bonchev–Trinajstić information content (AvgIpc) is 3.16. The van der Waals surface area contributed by atoms with E-state index >= 15 is 0 Å². The van der Waals surface area contributed by atoms with Gasteiger partial charge in [0.05, 0.1) is 19.6 Å². The van der Waals surface area contributed by atoms with Crippen LogP contribution in [0.2, 0.25) is 0 Å². The zero-order valence-corrected chi connectivity index (χ0v) is 17.0. The zero-order valence-electron chi connectivity index (χ0n) is 17.0. The number of aryl methyl sites for hydroxylation is 1. The molecule has 8 heteroatoms. The second-order valence-corrected chi connectivity index (χ2v) is 7.10. The molecule has 1 aromatic carbocycles. The topological polar surface area (TPSA) is 85.7 Å². The summed E-state index contributed by atoms with van der Waals surface area (Å²) in [5.41, 5.74) is 0.574. The van der Waals surface area contributed by atoms with Crippen molar-refractivity contribution in [1.82, 2.24) is 19.8 Å². The van der Waals surface area contributed by atoms with Crippen molar-refractivity contribution in [2.24, 2.45) is 7.05 Å². The van der Waals surface area contributed by atoms with Gasteiger partial charge in [0, 0.05) is 58.0 Å². The molecule has 0 spiro atoms. The number of hydrogen-bond donors (Lipinski definition) is 1. The normalized spacial score (nSPS) is 14.6. The van der Waals surface area contributed by atoms with Gasteiger partial charge in [-0.05, 0) is 24.3 Å². The molecule has 1 aliphatic rings. The standard InChI is InChI=1S/C21H28N4O4/c1-24-13-10-22-19(24)15-23-21(27)16-3-5-17(6-4-16)29-18-7-11-25(12-8-18)20(26)9-14-28-2/h3-6,10,13,18H,7-9,11-12,14-15H2,1-2H3,(H,23,27). The van der Waals surface area contributed by atoms with Crippen LogP contribution in [0.5, 0.6) is 5.75 Å². The molecule has 0 saturated carbocycles. The van der Waals surface area contributed by atoms with E-state index in [-0.39, 0.29) is 17.9 Å². The van der Waals surface area contributed by atoms with Crippen molar-refractivity contribution >= 4 is 11.8 Å². The SMILES string of the molecule is COCCC(=O)N1CCC(Oc2ccc(C(=O)NCc3nccn3C)cc2)CC1. The van der Waals surface area contributed by atoms with E-state index in [2.05, 4.69) is 10.3 Å². The Morgan fingerprint density at radius 2 is 1.93 bits per heavy atom. The number of carbonyl (C=O) groups excluding carboxylic acids is 2. The van der Waals surface area contributed by atoms with Crippen molar-refractivity contribution < 1.29 is 19.1 Å². The Hall–Kier alpha value is -2.87. The smallest absolute Gasteiger partial charge is 0.251 e. The fourth-order valence-corrected chi connectivity index (χ4v) is 3.28. The monoisotopic (exact) mass is 400 g/mol. The van der Waals surface area contributed by atoms with E-state index < -0.39 is 0 Å². The second-order valence-electron chi connectivity index (χ2n) is 7.10. The van der Waals surface area contributed by atoms with Crippen LogP contribution in [-0.4, -0.2) is 59.2 Å². The summed E-state index contributed by atoms with van der Waals surface area (Å²) in [7, 11) is 3.49. The number of aromatic nitrogens is 2. The van der Waals surface area contributed by atoms with Crippen molar-refractivity contribution in [1.29, 1.82) is 0 Å². The third-order valence-corrected chi connectivity index (χ3v) is 5.06. The van der Waals surface area contributed by atoms with Crippen LogP contribution in [0.4, 0.5) is 0 Å². The minimum Gasteiger partial charge on any atom is -0.490 e. The van der Waals surface area contributed by atoms with Crippen LogP contribution in [0.1, 0.15) is 35.4 Å². The van der Waals surface area contributed by atoms with E-state index in [0.29, 0.717) is 38.2 Å². The fraction of sp³-hybridized carbons (Fsp3) is 0.476. The number of amides is 2. The van der Waals surface area contributed by atoms with Crippen molar-refractivity contribution in [3.63, 3.8) is 0 Å². The number of carbonyl (C=O) groups is 2. The second kappa shape index (κ2) is 10.1. The highest BCUT2D eigenvalue weighted by molar-refractivity contribution is 5.94.